The van der Waals surface area contributed by atoms with Gasteiger partial charge in [0.05, 0.1) is 5.29 Å². The van der Waals surface area contributed by atoms with E-state index in [0.29, 0.717) is 5.01 Å². The van der Waals surface area contributed by atoms with E-state index in [1.165, 1.54) is 0 Å². The highest BCUT2D eigenvalue weighted by atomic mass is 16.4. The molecule has 58 valence electrons. The first-order chi connectivity index (χ1) is 5.88. The zero-order valence-electron chi connectivity index (χ0n) is 8.28. The Morgan fingerprint density at radius 1 is 1.90 bits per heavy atom. The molecule has 0 aromatic carbocycles. The molecule has 10 heavy (non-hydrogen) atoms. The molecule has 5 heteroatoms. The molecule has 0 aliphatic rings. The summed E-state index contributed by atoms with van der Waals surface area (Å²) in [4.78, 5) is 20.0. The standard InChI is InChI=1S/C5H10N2O3/c1-7(6-10)4-2-3-5(8)9/h2-4H2,1H3,(H,8,9)/i1+1D3,7+1. The van der Waals surface area contributed by atoms with Gasteiger partial charge in [0.25, 0.3) is 0 Å². The number of carbonyl (C=O) groups is 1. The zero-order chi connectivity index (χ0) is 10.5. The number of carboxylic acid groups (broad SMARTS) is 1. The SMILES string of the molecule is [2H][13C]([2H])([2H])[15N](CCCC(=O)O)N=O. The molecule has 0 atom stereocenters. The van der Waals surface area contributed by atoms with E-state index in [-0.39, 0.29) is 19.4 Å². The van der Waals surface area contributed by atoms with Gasteiger partial charge in [0.15, 0.2) is 0 Å². The quantitative estimate of drug-likeness (QED) is 0.268. The van der Waals surface area contributed by atoms with Gasteiger partial charge >= 0.3 is 5.97 Å². The van der Waals surface area contributed by atoms with Crippen molar-refractivity contribution in [1.29, 1.82) is 0 Å². The molecule has 0 amide bonds. The summed E-state index contributed by atoms with van der Waals surface area (Å²) < 4.78 is 20.4. The fourth-order valence-electron chi connectivity index (χ4n) is 0.421. The molecule has 0 rings (SSSR count). The molecule has 0 aliphatic heterocycles. The number of hydrogen-bond acceptors (Lipinski definition) is 3. The lowest BCUT2D eigenvalue weighted by atomic mass is 10.3. The first-order valence-corrected chi connectivity index (χ1v) is 2.70. The molecule has 0 saturated heterocycles. The van der Waals surface area contributed by atoms with Crippen molar-refractivity contribution < 1.29 is 14.0 Å². The lowest BCUT2D eigenvalue weighted by Crippen LogP contribution is -2.12. The molecule has 0 fully saturated rings. The monoisotopic (exact) mass is 151 g/mol. The third-order valence-corrected chi connectivity index (χ3v) is 0.859. The van der Waals surface area contributed by atoms with Crippen LogP contribution in [0.2, 0.25) is 0 Å². The number of nitrogens with zero attached hydrogens (tertiary/aromatic N) is 2. The Kier molecular flexibility index (Phi) is 2.20. The highest BCUT2D eigenvalue weighted by Gasteiger charge is 1.98. The molecule has 0 bridgehead atoms. The van der Waals surface area contributed by atoms with Crippen molar-refractivity contribution in [3.63, 3.8) is 0 Å². The van der Waals surface area contributed by atoms with Gasteiger partial charge in [0, 0.05) is 24.1 Å². The van der Waals surface area contributed by atoms with Crippen LogP contribution in [0.4, 0.5) is 0 Å². The van der Waals surface area contributed by atoms with Crippen molar-refractivity contribution in [3.8, 4) is 0 Å². The maximum absolute atomic E-state index is 10.1. The largest absolute Gasteiger partial charge is 0.481 e. The number of carboxylic acids is 1. The Balaban J connectivity index is 3.87. The Hall–Kier alpha value is -1.13. The van der Waals surface area contributed by atoms with Gasteiger partial charge < -0.3 is 5.11 Å². The van der Waals surface area contributed by atoms with Gasteiger partial charge in [-0.2, -0.15) is 0 Å². The van der Waals surface area contributed by atoms with Crippen LogP contribution in [0.5, 0.6) is 0 Å². The minimum atomic E-state index is -2.58. The van der Waals surface area contributed by atoms with E-state index in [0.717, 1.165) is 0 Å². The molecule has 0 aromatic heterocycles. The molecule has 0 radical (unpaired) electrons. The van der Waals surface area contributed by atoms with Crippen LogP contribution < -0.4 is 0 Å². The van der Waals surface area contributed by atoms with Crippen molar-refractivity contribution >= 4 is 5.97 Å². The fourth-order valence-corrected chi connectivity index (χ4v) is 0.421. The smallest absolute Gasteiger partial charge is 0.303 e. The normalized spacial score (nSPS) is 14.6. The Morgan fingerprint density at radius 3 is 3.00 bits per heavy atom. The molecule has 1 N–H and O–H groups in total. The molecule has 0 aliphatic carbocycles. The van der Waals surface area contributed by atoms with Crippen molar-refractivity contribution in [2.45, 2.75) is 12.8 Å². The molecule has 0 heterocycles. The number of nitroso groups, excluding NO2 is 1. The predicted octanol–water partition coefficient (Wildman–Crippen LogP) is 0.464. The zero-order valence-corrected chi connectivity index (χ0v) is 5.28. The maximum Gasteiger partial charge on any atom is 0.303 e. The topological polar surface area (TPSA) is 70.0 Å². The van der Waals surface area contributed by atoms with Crippen LogP contribution in [0.3, 0.4) is 0 Å². The summed E-state index contributed by atoms with van der Waals surface area (Å²) in [6.07, 6.45) is -0.0957. The van der Waals surface area contributed by atoms with Crippen LogP contribution >= 0.6 is 0 Å². The lowest BCUT2D eigenvalue weighted by molar-refractivity contribution is -0.137. The van der Waals surface area contributed by atoms with Gasteiger partial charge in [0.2, 0.25) is 0 Å². The van der Waals surface area contributed by atoms with Crippen molar-refractivity contribution in [2.75, 3.05) is 13.5 Å². The Bertz CT molecular complexity index is 194. The summed E-state index contributed by atoms with van der Waals surface area (Å²) >= 11 is 0. The summed E-state index contributed by atoms with van der Waals surface area (Å²) in [5, 5.41) is 10.9. The molecule has 0 unspecified atom stereocenters. The number of aliphatic carboxylic acids is 1. The summed E-state index contributed by atoms with van der Waals surface area (Å²) in [5.74, 6) is -1.03. The second-order valence-electron chi connectivity index (χ2n) is 1.70. The van der Waals surface area contributed by atoms with Gasteiger partial charge in [-0.15, -0.1) is 4.91 Å². The van der Waals surface area contributed by atoms with Gasteiger partial charge in [-0.25, -0.2) is 0 Å². The van der Waals surface area contributed by atoms with Crippen LogP contribution in [0.1, 0.15) is 17.0 Å². The first kappa shape index (κ1) is 4.65. The minimum Gasteiger partial charge on any atom is -0.481 e. The maximum atomic E-state index is 10.1. The second-order valence-corrected chi connectivity index (χ2v) is 1.70. The van der Waals surface area contributed by atoms with E-state index in [9.17, 15) is 9.70 Å². The average molecular weight is 151 g/mol. The third-order valence-electron chi connectivity index (χ3n) is 0.859. The summed E-state index contributed by atoms with van der Waals surface area (Å²) in [7, 11) is 0. The molecule has 0 aromatic rings. The van der Waals surface area contributed by atoms with E-state index in [2.05, 4.69) is 5.29 Å². The molecular weight excluding hydrogens is 138 g/mol. The molecule has 5 nitrogen and oxygen atoms in total. The lowest BCUT2D eigenvalue weighted by Gasteiger charge is -2.05. The molecule has 0 spiro atoms. The van der Waals surface area contributed by atoms with Crippen molar-refractivity contribution in [2.24, 2.45) is 5.29 Å². The molecule has 0 saturated carbocycles. The highest BCUT2D eigenvalue weighted by Crippen LogP contribution is 1.91. The van der Waals surface area contributed by atoms with E-state index in [1.807, 2.05) is 0 Å². The van der Waals surface area contributed by atoms with Crippen LogP contribution in [0, 0.1) is 4.91 Å². The summed E-state index contributed by atoms with van der Waals surface area (Å²) in [6, 6.07) is 0. The van der Waals surface area contributed by atoms with E-state index in [1.54, 1.807) is 0 Å². The van der Waals surface area contributed by atoms with Gasteiger partial charge in [-0.05, 0) is 6.42 Å². The minimum absolute atomic E-state index is 0.0828. The third kappa shape index (κ3) is 5.02. The van der Waals surface area contributed by atoms with Crippen LogP contribution in [-0.2, 0) is 4.79 Å². The number of rotatable bonds is 5. The fraction of sp³-hybridized carbons (Fsp3) is 0.800. The Morgan fingerprint density at radius 2 is 2.60 bits per heavy atom. The average Bonchev–Trinajstić information content (AvgIpc) is 1.95. The van der Waals surface area contributed by atoms with Crippen molar-refractivity contribution in [3.05, 3.63) is 4.91 Å². The molecular formula is C5H10N2O3. The van der Waals surface area contributed by atoms with Crippen molar-refractivity contribution in [1.82, 2.24) is 5.01 Å². The van der Waals surface area contributed by atoms with E-state index >= 15 is 0 Å². The predicted molar refractivity (Wildman–Crippen MR) is 35.3 cm³/mol. The van der Waals surface area contributed by atoms with Crippen LogP contribution in [-0.4, -0.2) is 29.6 Å². The van der Waals surface area contributed by atoms with E-state index < -0.39 is 12.9 Å². The van der Waals surface area contributed by atoms with Crippen LogP contribution in [0.25, 0.3) is 0 Å². The summed E-state index contributed by atoms with van der Waals surface area (Å²) in [6.45, 7) is -2.76. The Labute approximate surface area is 62.8 Å². The van der Waals surface area contributed by atoms with Crippen LogP contribution in [0.15, 0.2) is 5.29 Å². The van der Waals surface area contributed by atoms with Gasteiger partial charge in [-0.1, -0.05) is 0 Å². The van der Waals surface area contributed by atoms with Gasteiger partial charge in [-0.3, -0.25) is 9.80 Å². The second kappa shape index (κ2) is 4.72. The highest BCUT2D eigenvalue weighted by molar-refractivity contribution is 5.66. The number of hydrogen-bond donors (Lipinski definition) is 1. The first-order valence-electron chi connectivity index (χ1n) is 4.20. The summed E-state index contributed by atoms with van der Waals surface area (Å²) in [5.41, 5.74) is 0. The van der Waals surface area contributed by atoms with E-state index in [4.69, 9.17) is 9.22 Å². The van der Waals surface area contributed by atoms with Gasteiger partial charge in [0.1, 0.15) is 0 Å².